The van der Waals surface area contributed by atoms with Crippen molar-refractivity contribution < 1.29 is 0 Å². The second-order valence-corrected chi connectivity index (χ2v) is 9.32. The van der Waals surface area contributed by atoms with Crippen molar-refractivity contribution in [1.82, 2.24) is 14.8 Å². The van der Waals surface area contributed by atoms with Gasteiger partial charge in [-0.1, -0.05) is 72.1 Å². The van der Waals surface area contributed by atoms with E-state index in [0.29, 0.717) is 17.9 Å². The van der Waals surface area contributed by atoms with Gasteiger partial charge >= 0.3 is 0 Å². The van der Waals surface area contributed by atoms with E-state index in [-0.39, 0.29) is 0 Å². The fourth-order valence-corrected chi connectivity index (χ4v) is 3.88. The third kappa shape index (κ3) is 8.30. The molecule has 0 spiro atoms. The maximum Gasteiger partial charge on any atom is 0.0701 e. The molecule has 0 aliphatic heterocycles. The van der Waals surface area contributed by atoms with E-state index in [2.05, 4.69) is 88.8 Å². The van der Waals surface area contributed by atoms with Crippen LogP contribution < -0.4 is 16.0 Å². The van der Waals surface area contributed by atoms with Crippen molar-refractivity contribution in [3.63, 3.8) is 0 Å². The lowest BCUT2D eigenvalue weighted by Crippen LogP contribution is -2.41. The number of aromatic nitrogens is 1. The second kappa shape index (κ2) is 12.5. The van der Waals surface area contributed by atoms with Crippen molar-refractivity contribution in [2.24, 2.45) is 11.8 Å². The fraction of sp³-hybridized carbons (Fsp3) is 0.556. The normalized spacial score (nSPS) is 13.0. The fourth-order valence-electron chi connectivity index (χ4n) is 3.88. The maximum atomic E-state index is 4.42. The summed E-state index contributed by atoms with van der Waals surface area (Å²) in [5.41, 5.74) is 3.63. The van der Waals surface area contributed by atoms with Gasteiger partial charge in [0.05, 0.1) is 6.04 Å². The Labute approximate surface area is 185 Å². The van der Waals surface area contributed by atoms with Gasteiger partial charge in [0.25, 0.3) is 0 Å². The molecule has 0 amide bonds. The quantitative estimate of drug-likeness (QED) is 0.342. The first-order valence-electron chi connectivity index (χ1n) is 11.4. The average molecular weight is 412 g/mol. The summed E-state index contributed by atoms with van der Waals surface area (Å²) < 4.78 is 2.20. The Morgan fingerprint density at radius 3 is 2.17 bits per heavy atom. The van der Waals surface area contributed by atoms with Gasteiger partial charge in [-0.15, -0.1) is 0 Å². The van der Waals surface area contributed by atoms with E-state index >= 15 is 0 Å². The molecule has 3 heteroatoms. The van der Waals surface area contributed by atoms with E-state index in [0.717, 1.165) is 48.6 Å². The van der Waals surface area contributed by atoms with E-state index < -0.39 is 0 Å². The summed E-state index contributed by atoms with van der Waals surface area (Å²) in [6.45, 7) is 29.5. The van der Waals surface area contributed by atoms with Crippen LogP contribution in [-0.4, -0.2) is 29.1 Å². The van der Waals surface area contributed by atoms with E-state index in [9.17, 15) is 0 Å². The molecule has 1 aromatic rings. The molecule has 3 nitrogen and oxygen atoms in total. The lowest BCUT2D eigenvalue weighted by molar-refractivity contribution is 0.256. The number of nitrogens with zero attached hydrogens (tertiary/aromatic N) is 2. The van der Waals surface area contributed by atoms with Crippen molar-refractivity contribution in [1.29, 1.82) is 0 Å². The van der Waals surface area contributed by atoms with Crippen LogP contribution in [-0.2, 0) is 6.54 Å². The van der Waals surface area contributed by atoms with Gasteiger partial charge in [0.2, 0.25) is 0 Å². The largest absolute Gasteiger partial charge is 0.383 e. The molecule has 0 aliphatic carbocycles. The van der Waals surface area contributed by atoms with E-state index in [1.807, 2.05) is 12.1 Å². The predicted octanol–water partition coefficient (Wildman–Crippen LogP) is 5.04. The van der Waals surface area contributed by atoms with Crippen molar-refractivity contribution in [2.75, 3.05) is 13.6 Å². The molecule has 1 unspecified atom stereocenters. The zero-order valence-electron chi connectivity index (χ0n) is 20.4. The van der Waals surface area contributed by atoms with Gasteiger partial charge in [-0.3, -0.25) is 0 Å². The van der Waals surface area contributed by atoms with Crippen LogP contribution in [0.15, 0.2) is 48.3 Å². The third-order valence-electron chi connectivity index (χ3n) is 5.48. The zero-order valence-corrected chi connectivity index (χ0v) is 20.4. The smallest absolute Gasteiger partial charge is 0.0701 e. The topological polar surface area (TPSA) is 20.2 Å². The van der Waals surface area contributed by atoms with Gasteiger partial charge < -0.3 is 14.8 Å². The maximum absolute atomic E-state index is 4.42. The average Bonchev–Trinajstić information content (AvgIpc) is 2.96. The Morgan fingerprint density at radius 2 is 1.67 bits per heavy atom. The van der Waals surface area contributed by atoms with E-state index in [1.54, 1.807) is 0 Å². The number of hydrogen-bond acceptors (Lipinski definition) is 2. The summed E-state index contributed by atoms with van der Waals surface area (Å²) in [7, 11) is 2.19. The number of nitrogens with one attached hydrogen (secondary N) is 1. The molecular weight excluding hydrogens is 366 g/mol. The van der Waals surface area contributed by atoms with Crippen LogP contribution in [0, 0.1) is 11.8 Å². The van der Waals surface area contributed by atoms with Gasteiger partial charge in [-0.25, -0.2) is 0 Å². The lowest BCUT2D eigenvalue weighted by atomic mass is 9.95. The SMILES string of the molecule is C=C(C)CN/C(=C\C(C)C)C(C(C)C)N(C)C(=C)CCCCCn1c(=C)ccc1=C. The molecule has 0 aromatic carbocycles. The molecule has 0 radical (unpaired) electrons. The molecule has 0 aliphatic rings. The summed E-state index contributed by atoms with van der Waals surface area (Å²) >= 11 is 0. The first kappa shape index (κ1) is 25.9. The van der Waals surface area contributed by atoms with E-state index in [4.69, 9.17) is 0 Å². The Kier molecular flexibility index (Phi) is 10.8. The minimum absolute atomic E-state index is 0.293. The number of likely N-dealkylation sites (N-methyl/N-ethyl adjacent to an activating group) is 1. The molecule has 1 atom stereocenters. The highest BCUT2D eigenvalue weighted by atomic mass is 15.2. The Morgan fingerprint density at radius 1 is 1.07 bits per heavy atom. The minimum atomic E-state index is 0.293. The summed E-state index contributed by atoms with van der Waals surface area (Å²) in [5, 5.41) is 5.74. The Hall–Kier alpha value is -2.16. The molecule has 1 heterocycles. The van der Waals surface area contributed by atoms with Gasteiger partial charge in [-0.2, -0.15) is 0 Å². The molecule has 1 N–H and O–H groups in total. The van der Waals surface area contributed by atoms with Crippen molar-refractivity contribution in [3.05, 3.63) is 59.0 Å². The minimum Gasteiger partial charge on any atom is -0.383 e. The van der Waals surface area contributed by atoms with Crippen LogP contribution in [0.1, 0.15) is 60.3 Å². The van der Waals surface area contributed by atoms with Gasteiger partial charge in [0, 0.05) is 42.2 Å². The van der Waals surface area contributed by atoms with Crippen LogP contribution in [0.4, 0.5) is 0 Å². The first-order chi connectivity index (χ1) is 14.0. The summed E-state index contributed by atoms with van der Waals surface area (Å²) in [6.07, 6.45) is 6.84. The monoisotopic (exact) mass is 411 g/mol. The number of allylic oxidation sites excluding steroid dienone is 2. The highest BCUT2D eigenvalue weighted by Crippen LogP contribution is 2.24. The molecule has 0 saturated carbocycles. The number of rotatable bonds is 14. The molecule has 1 aromatic heterocycles. The standard InChI is InChI=1S/C27H45N3/c1-20(2)18-26(28-19-21(3)4)27(22(5)6)29(10)23(7)14-12-11-13-17-30-24(8)15-16-25(30)9/h15-16,18,20,22,27-28H,3,7-9,11-14,17,19H2,1-2,4-6,10H3/b26-18-. The van der Waals surface area contributed by atoms with Crippen molar-refractivity contribution in [3.8, 4) is 0 Å². The second-order valence-electron chi connectivity index (χ2n) is 9.32. The lowest BCUT2D eigenvalue weighted by Gasteiger charge is -2.37. The van der Waals surface area contributed by atoms with Crippen molar-refractivity contribution >= 4 is 13.2 Å². The predicted molar refractivity (Wildman–Crippen MR) is 134 cm³/mol. The summed E-state index contributed by atoms with van der Waals surface area (Å²) in [5.74, 6) is 0.971. The zero-order chi connectivity index (χ0) is 22.8. The van der Waals surface area contributed by atoms with Gasteiger partial charge in [0.15, 0.2) is 0 Å². The summed E-state index contributed by atoms with van der Waals surface area (Å²) in [4.78, 5) is 2.37. The van der Waals surface area contributed by atoms with E-state index in [1.165, 1.54) is 17.8 Å². The first-order valence-corrected chi connectivity index (χ1v) is 11.4. The summed E-state index contributed by atoms with van der Waals surface area (Å²) in [6, 6.07) is 4.37. The molecule has 30 heavy (non-hydrogen) atoms. The Balaban J connectivity index is 2.67. The molecule has 168 valence electrons. The third-order valence-corrected chi connectivity index (χ3v) is 5.48. The molecule has 0 fully saturated rings. The Bertz CT molecular complexity index is 782. The van der Waals surface area contributed by atoms with Crippen LogP contribution in [0.2, 0.25) is 0 Å². The molecule has 1 rings (SSSR count). The molecular formula is C27H45N3. The molecule has 0 bridgehead atoms. The number of unbranched alkanes of at least 4 members (excludes halogenated alkanes) is 2. The van der Waals surface area contributed by atoms with Gasteiger partial charge in [-0.05, 0) is 50.2 Å². The van der Waals surface area contributed by atoms with Crippen LogP contribution in [0.3, 0.4) is 0 Å². The van der Waals surface area contributed by atoms with Crippen LogP contribution in [0.5, 0.6) is 0 Å². The highest BCUT2D eigenvalue weighted by molar-refractivity contribution is 5.16. The highest BCUT2D eigenvalue weighted by Gasteiger charge is 2.24. The van der Waals surface area contributed by atoms with Gasteiger partial charge in [0.1, 0.15) is 0 Å². The van der Waals surface area contributed by atoms with Crippen LogP contribution >= 0.6 is 0 Å². The number of hydrogen-bond donors (Lipinski definition) is 1. The van der Waals surface area contributed by atoms with Crippen molar-refractivity contribution in [2.45, 2.75) is 72.9 Å². The molecule has 0 saturated heterocycles. The van der Waals surface area contributed by atoms with Crippen LogP contribution in [0.25, 0.3) is 13.2 Å².